The third-order valence-corrected chi connectivity index (χ3v) is 4.20. The second-order valence-corrected chi connectivity index (χ2v) is 5.22. The molecule has 0 radical (unpaired) electrons. The van der Waals surface area contributed by atoms with Gasteiger partial charge in [-0.05, 0) is 12.2 Å². The van der Waals surface area contributed by atoms with Crippen LogP contribution in [0.1, 0.15) is 13.3 Å². The van der Waals surface area contributed by atoms with Crippen LogP contribution in [0.25, 0.3) is 0 Å². The van der Waals surface area contributed by atoms with Crippen LogP contribution in [0.2, 0.25) is 0 Å². The Morgan fingerprint density at radius 2 is 2.19 bits per heavy atom. The summed E-state index contributed by atoms with van der Waals surface area (Å²) in [6.07, 6.45) is 0.210. The van der Waals surface area contributed by atoms with E-state index in [1.54, 1.807) is 11.8 Å². The summed E-state index contributed by atoms with van der Waals surface area (Å²) >= 11 is 1.81. The van der Waals surface area contributed by atoms with Crippen molar-refractivity contribution in [1.29, 1.82) is 0 Å². The Bertz CT molecular complexity index is 264. The Morgan fingerprint density at radius 1 is 1.44 bits per heavy atom. The summed E-state index contributed by atoms with van der Waals surface area (Å²) in [5.41, 5.74) is 0. The SMILES string of the molecule is CCCS[C@@H]1CO[C@@H]2C(O[N+](=O)[O-])COC21. The molecule has 6 nitrogen and oxygen atoms in total. The molecule has 92 valence electrons. The van der Waals surface area contributed by atoms with E-state index in [9.17, 15) is 10.1 Å². The molecule has 2 fully saturated rings. The molecule has 0 amide bonds. The second-order valence-electron chi connectivity index (χ2n) is 3.87. The Kier molecular flexibility index (Phi) is 3.88. The number of thioether (sulfide) groups is 1. The van der Waals surface area contributed by atoms with Gasteiger partial charge in [0.2, 0.25) is 0 Å². The first-order valence-electron chi connectivity index (χ1n) is 5.38. The highest BCUT2D eigenvalue weighted by atomic mass is 32.2. The second kappa shape index (κ2) is 5.20. The topological polar surface area (TPSA) is 70.8 Å². The van der Waals surface area contributed by atoms with E-state index >= 15 is 0 Å². The third-order valence-electron chi connectivity index (χ3n) is 2.72. The zero-order valence-corrected chi connectivity index (χ0v) is 9.85. The summed E-state index contributed by atoms with van der Waals surface area (Å²) in [6.45, 7) is 2.96. The third kappa shape index (κ3) is 2.41. The van der Waals surface area contributed by atoms with Crippen LogP contribution in [0.4, 0.5) is 0 Å². The van der Waals surface area contributed by atoms with Crippen molar-refractivity contribution in [2.45, 2.75) is 36.9 Å². The fourth-order valence-corrected chi connectivity index (χ4v) is 3.18. The average molecular weight is 249 g/mol. The van der Waals surface area contributed by atoms with Crippen molar-refractivity contribution >= 4 is 11.8 Å². The van der Waals surface area contributed by atoms with Gasteiger partial charge < -0.3 is 14.3 Å². The van der Waals surface area contributed by atoms with Crippen LogP contribution in [-0.2, 0) is 14.3 Å². The molecule has 4 atom stereocenters. The minimum atomic E-state index is -0.772. The van der Waals surface area contributed by atoms with Crippen molar-refractivity contribution in [2.24, 2.45) is 0 Å². The van der Waals surface area contributed by atoms with Crippen LogP contribution < -0.4 is 0 Å². The number of ether oxygens (including phenoxy) is 2. The maximum Gasteiger partial charge on any atom is 0.294 e. The maximum atomic E-state index is 10.3. The molecule has 0 aliphatic carbocycles. The van der Waals surface area contributed by atoms with E-state index in [1.807, 2.05) is 0 Å². The van der Waals surface area contributed by atoms with Crippen LogP contribution in [0.15, 0.2) is 0 Å². The molecule has 0 aromatic carbocycles. The van der Waals surface area contributed by atoms with E-state index in [2.05, 4.69) is 11.8 Å². The van der Waals surface area contributed by atoms with E-state index in [4.69, 9.17) is 9.47 Å². The van der Waals surface area contributed by atoms with Crippen molar-refractivity contribution in [3.8, 4) is 0 Å². The number of rotatable bonds is 5. The number of fused-ring (bicyclic) bond motifs is 1. The van der Waals surface area contributed by atoms with Crippen molar-refractivity contribution in [3.63, 3.8) is 0 Å². The van der Waals surface area contributed by atoms with E-state index < -0.39 is 11.2 Å². The Hall–Kier alpha value is -0.530. The van der Waals surface area contributed by atoms with Gasteiger partial charge in [0.05, 0.1) is 18.5 Å². The van der Waals surface area contributed by atoms with E-state index in [1.165, 1.54) is 0 Å². The summed E-state index contributed by atoms with van der Waals surface area (Å²) in [7, 11) is 0. The van der Waals surface area contributed by atoms with Crippen molar-refractivity contribution in [2.75, 3.05) is 19.0 Å². The van der Waals surface area contributed by atoms with E-state index in [0.717, 1.165) is 12.2 Å². The normalized spacial score (nSPS) is 37.3. The molecular formula is C9H15NO5S. The van der Waals surface area contributed by atoms with Crippen molar-refractivity contribution < 1.29 is 19.4 Å². The fourth-order valence-electron chi connectivity index (χ4n) is 2.04. The molecule has 2 rings (SSSR count). The van der Waals surface area contributed by atoms with Gasteiger partial charge in [-0.25, -0.2) is 0 Å². The molecule has 2 unspecified atom stereocenters. The molecule has 2 aliphatic rings. The van der Waals surface area contributed by atoms with Crippen molar-refractivity contribution in [1.82, 2.24) is 0 Å². The molecule has 0 spiro atoms. The molecule has 16 heavy (non-hydrogen) atoms. The summed E-state index contributed by atoms with van der Waals surface area (Å²) < 4.78 is 11.0. The quantitative estimate of drug-likeness (QED) is 0.532. The fraction of sp³-hybridized carbons (Fsp3) is 1.00. The van der Waals surface area contributed by atoms with Crippen LogP contribution >= 0.6 is 11.8 Å². The van der Waals surface area contributed by atoms with Crippen LogP contribution in [0.5, 0.6) is 0 Å². The summed E-state index contributed by atoms with van der Waals surface area (Å²) in [5, 5.41) is 9.78. The Morgan fingerprint density at radius 3 is 2.88 bits per heavy atom. The number of hydrogen-bond donors (Lipinski definition) is 0. The smallest absolute Gasteiger partial charge is 0.294 e. The maximum absolute atomic E-state index is 10.3. The number of nitrogens with zero attached hydrogens (tertiary/aromatic N) is 1. The number of hydrogen-bond acceptors (Lipinski definition) is 6. The highest BCUT2D eigenvalue weighted by Gasteiger charge is 2.49. The predicted octanol–water partition coefficient (Wildman–Crippen LogP) is 0.873. The molecule has 0 aromatic heterocycles. The average Bonchev–Trinajstić information content (AvgIpc) is 2.78. The zero-order chi connectivity index (χ0) is 11.5. The first-order valence-corrected chi connectivity index (χ1v) is 6.43. The molecule has 2 saturated heterocycles. The van der Waals surface area contributed by atoms with Gasteiger partial charge in [0.25, 0.3) is 5.09 Å². The molecule has 0 N–H and O–H groups in total. The molecular weight excluding hydrogens is 234 g/mol. The lowest BCUT2D eigenvalue weighted by molar-refractivity contribution is -0.769. The molecule has 0 bridgehead atoms. The van der Waals surface area contributed by atoms with Gasteiger partial charge in [-0.2, -0.15) is 11.8 Å². The Labute approximate surface area is 97.7 Å². The summed E-state index contributed by atoms with van der Waals surface area (Å²) in [6, 6.07) is 0. The van der Waals surface area contributed by atoms with Crippen LogP contribution in [0, 0.1) is 10.1 Å². The molecule has 2 aliphatic heterocycles. The van der Waals surface area contributed by atoms with Crippen LogP contribution in [0.3, 0.4) is 0 Å². The van der Waals surface area contributed by atoms with Gasteiger partial charge >= 0.3 is 0 Å². The Balaban J connectivity index is 1.87. The largest absolute Gasteiger partial charge is 0.372 e. The molecule has 0 aromatic rings. The highest BCUT2D eigenvalue weighted by molar-refractivity contribution is 8.00. The lowest BCUT2D eigenvalue weighted by Crippen LogP contribution is -2.33. The molecule has 0 saturated carbocycles. The minimum Gasteiger partial charge on any atom is -0.372 e. The van der Waals surface area contributed by atoms with E-state index in [0.29, 0.717) is 6.61 Å². The van der Waals surface area contributed by atoms with Gasteiger partial charge in [0.15, 0.2) is 6.10 Å². The summed E-state index contributed by atoms with van der Waals surface area (Å²) in [5.74, 6) is 1.06. The van der Waals surface area contributed by atoms with Gasteiger partial charge in [0.1, 0.15) is 12.2 Å². The first-order chi connectivity index (χ1) is 7.72. The van der Waals surface area contributed by atoms with Crippen molar-refractivity contribution in [3.05, 3.63) is 10.1 Å². The van der Waals surface area contributed by atoms with Gasteiger partial charge in [-0.15, -0.1) is 10.1 Å². The zero-order valence-electron chi connectivity index (χ0n) is 9.03. The highest BCUT2D eigenvalue weighted by Crippen LogP contribution is 2.35. The predicted molar refractivity (Wildman–Crippen MR) is 57.9 cm³/mol. The molecule has 7 heteroatoms. The standard InChI is InChI=1S/C9H15NO5S/c1-2-3-16-7-5-14-8-6(15-10(11)12)4-13-9(7)8/h6-9H,2-5H2,1H3/t6?,7-,8-,9?/m1/s1. The van der Waals surface area contributed by atoms with Gasteiger partial charge in [-0.1, -0.05) is 6.92 Å². The lowest BCUT2D eigenvalue weighted by Gasteiger charge is -2.15. The van der Waals surface area contributed by atoms with Crippen LogP contribution in [-0.4, -0.2) is 47.6 Å². The minimum absolute atomic E-state index is 0.0542. The van der Waals surface area contributed by atoms with Gasteiger partial charge in [0, 0.05) is 0 Å². The molecule has 2 heterocycles. The monoisotopic (exact) mass is 249 g/mol. The van der Waals surface area contributed by atoms with Gasteiger partial charge in [-0.3, -0.25) is 0 Å². The summed E-state index contributed by atoms with van der Waals surface area (Å²) in [4.78, 5) is 14.8. The van der Waals surface area contributed by atoms with E-state index in [-0.39, 0.29) is 24.1 Å². The lowest BCUT2D eigenvalue weighted by atomic mass is 10.1. The first kappa shape index (κ1) is 11.9.